The SMILES string of the molecule is Cc1nccn1CCCCN1CCCC1CCCO. The minimum Gasteiger partial charge on any atom is -0.396 e. The average Bonchev–Trinajstić information content (AvgIpc) is 3.01. The summed E-state index contributed by atoms with van der Waals surface area (Å²) in [4.78, 5) is 6.87. The summed E-state index contributed by atoms with van der Waals surface area (Å²) in [6.45, 7) is 5.95. The highest BCUT2D eigenvalue weighted by Crippen LogP contribution is 2.21. The van der Waals surface area contributed by atoms with Gasteiger partial charge in [-0.2, -0.15) is 0 Å². The number of aliphatic hydroxyl groups is 1. The molecule has 0 saturated carbocycles. The number of nitrogens with zero attached hydrogens (tertiary/aromatic N) is 3. The van der Waals surface area contributed by atoms with Crippen LogP contribution >= 0.6 is 0 Å². The van der Waals surface area contributed by atoms with Crippen molar-refractivity contribution in [1.82, 2.24) is 14.5 Å². The quantitative estimate of drug-likeness (QED) is 0.733. The van der Waals surface area contributed by atoms with Crippen LogP contribution in [0.15, 0.2) is 12.4 Å². The maximum atomic E-state index is 8.93. The second-order valence-electron chi connectivity index (χ2n) is 5.57. The third-order valence-electron chi connectivity index (χ3n) is 4.21. The van der Waals surface area contributed by atoms with Gasteiger partial charge in [0.2, 0.25) is 0 Å². The third-order valence-corrected chi connectivity index (χ3v) is 4.21. The molecule has 0 bridgehead atoms. The summed E-state index contributed by atoms with van der Waals surface area (Å²) in [7, 11) is 0. The van der Waals surface area contributed by atoms with Crippen molar-refractivity contribution in [3.63, 3.8) is 0 Å². The molecule has 1 saturated heterocycles. The zero-order chi connectivity index (χ0) is 13.5. The van der Waals surface area contributed by atoms with Crippen molar-refractivity contribution in [2.24, 2.45) is 0 Å². The molecule has 4 heteroatoms. The first-order valence-electron chi connectivity index (χ1n) is 7.64. The lowest BCUT2D eigenvalue weighted by molar-refractivity contribution is 0.212. The van der Waals surface area contributed by atoms with Gasteiger partial charge < -0.3 is 14.6 Å². The van der Waals surface area contributed by atoms with E-state index in [1.54, 1.807) is 0 Å². The number of likely N-dealkylation sites (tertiary alicyclic amines) is 1. The first-order chi connectivity index (χ1) is 9.31. The van der Waals surface area contributed by atoms with Crippen molar-refractivity contribution in [3.8, 4) is 0 Å². The van der Waals surface area contributed by atoms with Crippen LogP contribution in [0.2, 0.25) is 0 Å². The van der Waals surface area contributed by atoms with E-state index in [0.29, 0.717) is 6.61 Å². The molecule has 1 N–H and O–H groups in total. The van der Waals surface area contributed by atoms with E-state index >= 15 is 0 Å². The molecule has 1 aliphatic rings. The summed E-state index contributed by atoms with van der Waals surface area (Å²) < 4.78 is 2.23. The molecule has 1 fully saturated rings. The zero-order valence-corrected chi connectivity index (χ0v) is 12.1. The molecule has 4 nitrogen and oxygen atoms in total. The van der Waals surface area contributed by atoms with Crippen LogP contribution in [0.1, 0.15) is 44.3 Å². The van der Waals surface area contributed by atoms with Gasteiger partial charge in [0.05, 0.1) is 0 Å². The highest BCUT2D eigenvalue weighted by atomic mass is 16.2. The molecule has 1 aromatic rings. The predicted octanol–water partition coefficient (Wildman–Crippen LogP) is 2.21. The minimum absolute atomic E-state index is 0.338. The smallest absolute Gasteiger partial charge is 0.105 e. The van der Waals surface area contributed by atoms with E-state index in [1.165, 1.54) is 38.8 Å². The Morgan fingerprint density at radius 2 is 2.16 bits per heavy atom. The fraction of sp³-hybridized carbons (Fsp3) is 0.800. The molecule has 108 valence electrons. The van der Waals surface area contributed by atoms with Crippen molar-refractivity contribution in [2.45, 2.75) is 58.0 Å². The number of aliphatic hydroxyl groups excluding tert-OH is 1. The number of aromatic nitrogens is 2. The Kier molecular flexibility index (Phi) is 5.86. The Balaban J connectivity index is 1.63. The average molecular weight is 265 g/mol. The number of imidazole rings is 1. The Labute approximate surface area is 116 Å². The molecule has 1 aromatic heterocycles. The summed E-state index contributed by atoms with van der Waals surface area (Å²) >= 11 is 0. The van der Waals surface area contributed by atoms with E-state index in [9.17, 15) is 0 Å². The van der Waals surface area contributed by atoms with Crippen LogP contribution in [0.25, 0.3) is 0 Å². The fourth-order valence-electron chi connectivity index (χ4n) is 3.08. The summed E-state index contributed by atoms with van der Waals surface area (Å²) in [5.41, 5.74) is 0. The molecular weight excluding hydrogens is 238 g/mol. The molecule has 0 spiro atoms. The van der Waals surface area contributed by atoms with E-state index < -0.39 is 0 Å². The summed E-state index contributed by atoms with van der Waals surface area (Å²) in [6, 6.07) is 0.724. The maximum absolute atomic E-state index is 8.93. The number of hydrogen-bond donors (Lipinski definition) is 1. The van der Waals surface area contributed by atoms with Gasteiger partial charge in [0.1, 0.15) is 5.82 Å². The molecule has 19 heavy (non-hydrogen) atoms. The van der Waals surface area contributed by atoms with Gasteiger partial charge in [-0.3, -0.25) is 0 Å². The molecule has 1 atom stereocenters. The Bertz CT molecular complexity index is 364. The molecule has 0 aliphatic carbocycles. The van der Waals surface area contributed by atoms with Crippen molar-refractivity contribution in [3.05, 3.63) is 18.2 Å². The van der Waals surface area contributed by atoms with Crippen molar-refractivity contribution >= 4 is 0 Å². The summed E-state index contributed by atoms with van der Waals surface area (Å²) in [6.07, 6.45) is 11.2. The lowest BCUT2D eigenvalue weighted by atomic mass is 10.1. The van der Waals surface area contributed by atoms with E-state index in [4.69, 9.17) is 5.11 Å². The number of aryl methyl sites for hydroxylation is 2. The van der Waals surface area contributed by atoms with E-state index in [2.05, 4.69) is 27.6 Å². The van der Waals surface area contributed by atoms with Gasteiger partial charge in [-0.05, 0) is 58.5 Å². The molecule has 1 aliphatic heterocycles. The van der Waals surface area contributed by atoms with E-state index in [-0.39, 0.29) is 0 Å². The monoisotopic (exact) mass is 265 g/mol. The topological polar surface area (TPSA) is 41.3 Å². The highest BCUT2D eigenvalue weighted by Gasteiger charge is 2.22. The van der Waals surface area contributed by atoms with Crippen LogP contribution in [0.5, 0.6) is 0 Å². The number of unbranched alkanes of at least 4 members (excludes halogenated alkanes) is 1. The van der Waals surface area contributed by atoms with Crippen molar-refractivity contribution < 1.29 is 5.11 Å². The second-order valence-corrected chi connectivity index (χ2v) is 5.57. The largest absolute Gasteiger partial charge is 0.396 e. The van der Waals surface area contributed by atoms with Crippen molar-refractivity contribution in [2.75, 3.05) is 19.7 Å². The first kappa shape index (κ1) is 14.5. The Morgan fingerprint density at radius 3 is 2.89 bits per heavy atom. The van der Waals surface area contributed by atoms with Gasteiger partial charge in [0, 0.05) is 31.6 Å². The number of hydrogen-bond acceptors (Lipinski definition) is 3. The second kappa shape index (κ2) is 7.65. The predicted molar refractivity (Wildman–Crippen MR) is 77.1 cm³/mol. The van der Waals surface area contributed by atoms with Crippen LogP contribution < -0.4 is 0 Å². The molecule has 0 amide bonds. The van der Waals surface area contributed by atoms with E-state index in [1.807, 2.05) is 6.20 Å². The summed E-state index contributed by atoms with van der Waals surface area (Å²) in [5, 5.41) is 8.93. The first-order valence-corrected chi connectivity index (χ1v) is 7.64. The van der Waals surface area contributed by atoms with Gasteiger partial charge in [0.25, 0.3) is 0 Å². The van der Waals surface area contributed by atoms with Gasteiger partial charge >= 0.3 is 0 Å². The molecular formula is C15H27N3O. The van der Waals surface area contributed by atoms with Crippen LogP contribution in [-0.2, 0) is 6.54 Å². The highest BCUT2D eigenvalue weighted by molar-refractivity contribution is 4.88. The van der Waals surface area contributed by atoms with Gasteiger partial charge in [0.15, 0.2) is 0 Å². The van der Waals surface area contributed by atoms with E-state index in [0.717, 1.165) is 31.3 Å². The normalized spacial score (nSPS) is 20.2. The number of rotatable bonds is 8. The molecule has 0 radical (unpaired) electrons. The van der Waals surface area contributed by atoms with Crippen molar-refractivity contribution in [1.29, 1.82) is 0 Å². The molecule has 2 heterocycles. The van der Waals surface area contributed by atoms with Gasteiger partial charge in [-0.1, -0.05) is 0 Å². The van der Waals surface area contributed by atoms with Crippen LogP contribution in [0.3, 0.4) is 0 Å². The molecule has 1 unspecified atom stereocenters. The lowest BCUT2D eigenvalue weighted by Crippen LogP contribution is -2.30. The summed E-state index contributed by atoms with van der Waals surface area (Å²) in [5.74, 6) is 1.11. The Hall–Kier alpha value is -0.870. The maximum Gasteiger partial charge on any atom is 0.105 e. The molecule has 0 aromatic carbocycles. The zero-order valence-electron chi connectivity index (χ0n) is 12.1. The lowest BCUT2D eigenvalue weighted by Gasteiger charge is -2.24. The van der Waals surface area contributed by atoms with Gasteiger partial charge in [-0.25, -0.2) is 4.98 Å². The fourth-order valence-corrected chi connectivity index (χ4v) is 3.08. The Morgan fingerprint density at radius 1 is 1.32 bits per heavy atom. The third kappa shape index (κ3) is 4.32. The standard InChI is InChI=1S/C15H27N3O/c1-14-16-8-12-17(14)9-2-3-10-18-11-4-6-15(18)7-5-13-19/h8,12,15,19H,2-7,9-11,13H2,1H3. The minimum atomic E-state index is 0.338. The van der Waals surface area contributed by atoms with Crippen LogP contribution in [-0.4, -0.2) is 45.3 Å². The molecule has 2 rings (SSSR count). The van der Waals surface area contributed by atoms with Crippen LogP contribution in [0.4, 0.5) is 0 Å². The van der Waals surface area contributed by atoms with Crippen LogP contribution in [0, 0.1) is 6.92 Å². The van der Waals surface area contributed by atoms with Gasteiger partial charge in [-0.15, -0.1) is 0 Å².